The largest absolute Gasteiger partial charge is 0.497 e. The Kier molecular flexibility index (Phi) is 4.32. The average Bonchev–Trinajstić information content (AvgIpc) is 3.15. The van der Waals surface area contributed by atoms with Gasteiger partial charge in [0, 0.05) is 32.1 Å². The Morgan fingerprint density at radius 2 is 2.14 bits per heavy atom. The van der Waals surface area contributed by atoms with Gasteiger partial charge in [-0.15, -0.1) is 0 Å². The highest BCUT2D eigenvalue weighted by Crippen LogP contribution is 2.18. The molecule has 0 bridgehead atoms. The summed E-state index contributed by atoms with van der Waals surface area (Å²) >= 11 is 0. The third-order valence-corrected chi connectivity index (χ3v) is 5.40. The van der Waals surface area contributed by atoms with Crippen LogP contribution >= 0.6 is 0 Å². The van der Waals surface area contributed by atoms with Crippen LogP contribution in [0.4, 0.5) is 0 Å². The summed E-state index contributed by atoms with van der Waals surface area (Å²) in [6, 6.07) is 5.60. The Hall–Kier alpha value is -1.64. The molecule has 1 saturated heterocycles. The maximum Gasteiger partial charge on any atom is 0.279 e. The number of rotatable bonds is 6. The summed E-state index contributed by atoms with van der Waals surface area (Å²) in [7, 11) is -1.73. The van der Waals surface area contributed by atoms with E-state index in [-0.39, 0.29) is 0 Å². The maximum atomic E-state index is 12.0. The summed E-state index contributed by atoms with van der Waals surface area (Å²) in [6.45, 7) is 1.55. The van der Waals surface area contributed by atoms with Gasteiger partial charge in [-0.05, 0) is 25.0 Å². The number of methoxy groups -OCH3 is 1. The second-order valence-corrected chi connectivity index (χ2v) is 7.08. The lowest BCUT2D eigenvalue weighted by molar-refractivity contribution is 0.415. The summed E-state index contributed by atoms with van der Waals surface area (Å²) in [5.41, 5.74) is 1.73. The van der Waals surface area contributed by atoms with E-state index in [0.717, 1.165) is 35.4 Å². The van der Waals surface area contributed by atoms with E-state index < -0.39 is 10.2 Å². The molecule has 1 aliphatic heterocycles. The van der Waals surface area contributed by atoms with Gasteiger partial charge in [0.1, 0.15) is 11.6 Å². The van der Waals surface area contributed by atoms with Crippen LogP contribution in [0.15, 0.2) is 18.2 Å². The Labute approximate surface area is 129 Å². The molecule has 8 heteroatoms. The van der Waals surface area contributed by atoms with Crippen LogP contribution in [0.2, 0.25) is 0 Å². The van der Waals surface area contributed by atoms with E-state index in [4.69, 9.17) is 4.74 Å². The van der Waals surface area contributed by atoms with Crippen molar-refractivity contribution in [3.05, 3.63) is 24.0 Å². The molecule has 1 aliphatic rings. The van der Waals surface area contributed by atoms with Crippen molar-refractivity contribution in [2.75, 3.05) is 26.7 Å². The highest BCUT2D eigenvalue weighted by molar-refractivity contribution is 7.87. The van der Waals surface area contributed by atoms with E-state index in [9.17, 15) is 8.42 Å². The summed E-state index contributed by atoms with van der Waals surface area (Å²) in [5.74, 6) is 1.52. The van der Waals surface area contributed by atoms with Gasteiger partial charge < -0.3 is 9.72 Å². The molecule has 0 saturated carbocycles. The van der Waals surface area contributed by atoms with Crippen LogP contribution < -0.4 is 9.46 Å². The van der Waals surface area contributed by atoms with Crippen molar-refractivity contribution in [2.24, 2.45) is 0 Å². The predicted octanol–water partition coefficient (Wildman–Crippen LogP) is 1.04. The number of nitrogens with zero attached hydrogens (tertiary/aromatic N) is 2. The molecule has 2 aromatic rings. The molecule has 1 fully saturated rings. The summed E-state index contributed by atoms with van der Waals surface area (Å²) < 4.78 is 33.4. The summed E-state index contributed by atoms with van der Waals surface area (Å²) in [4.78, 5) is 7.63. The minimum atomic E-state index is -3.35. The van der Waals surface area contributed by atoms with Gasteiger partial charge in [-0.1, -0.05) is 0 Å². The van der Waals surface area contributed by atoms with Gasteiger partial charge in [0.15, 0.2) is 0 Å². The summed E-state index contributed by atoms with van der Waals surface area (Å²) in [5, 5.41) is 0. The van der Waals surface area contributed by atoms with Crippen LogP contribution in [0.3, 0.4) is 0 Å². The predicted molar refractivity (Wildman–Crippen MR) is 84.1 cm³/mol. The van der Waals surface area contributed by atoms with E-state index in [2.05, 4.69) is 14.7 Å². The molecule has 3 rings (SSSR count). The van der Waals surface area contributed by atoms with Gasteiger partial charge >= 0.3 is 0 Å². The molecule has 120 valence electrons. The zero-order valence-corrected chi connectivity index (χ0v) is 13.3. The fourth-order valence-corrected chi connectivity index (χ4v) is 3.89. The van der Waals surface area contributed by atoms with E-state index in [1.54, 1.807) is 7.11 Å². The number of fused-ring (bicyclic) bond motifs is 1. The number of imidazole rings is 1. The number of ether oxygens (including phenoxy) is 1. The zero-order chi connectivity index (χ0) is 15.6. The van der Waals surface area contributed by atoms with Crippen LogP contribution in [0.25, 0.3) is 11.0 Å². The molecule has 0 unspecified atom stereocenters. The Morgan fingerprint density at radius 1 is 1.36 bits per heavy atom. The monoisotopic (exact) mass is 324 g/mol. The molecule has 22 heavy (non-hydrogen) atoms. The number of hydrogen-bond donors (Lipinski definition) is 2. The van der Waals surface area contributed by atoms with Gasteiger partial charge in [0.05, 0.1) is 18.1 Å². The second-order valence-electron chi connectivity index (χ2n) is 5.32. The lowest BCUT2D eigenvalue weighted by atomic mass is 10.3. The molecular weight excluding hydrogens is 304 g/mol. The number of nitrogens with one attached hydrogen (secondary N) is 2. The Bertz CT molecular complexity index is 751. The molecule has 2 N–H and O–H groups in total. The average molecular weight is 324 g/mol. The van der Waals surface area contributed by atoms with Gasteiger partial charge in [-0.25, -0.2) is 9.71 Å². The van der Waals surface area contributed by atoms with E-state index in [1.165, 1.54) is 4.31 Å². The molecule has 0 spiro atoms. The second kappa shape index (κ2) is 6.23. The molecule has 1 aromatic heterocycles. The lowest BCUT2D eigenvalue weighted by Crippen LogP contribution is -2.39. The van der Waals surface area contributed by atoms with Crippen molar-refractivity contribution in [1.82, 2.24) is 19.0 Å². The minimum Gasteiger partial charge on any atom is -0.497 e. The van der Waals surface area contributed by atoms with Crippen molar-refractivity contribution in [3.63, 3.8) is 0 Å². The molecule has 0 radical (unpaired) electrons. The molecule has 2 heterocycles. The van der Waals surface area contributed by atoms with Crippen LogP contribution in [-0.4, -0.2) is 49.4 Å². The highest BCUT2D eigenvalue weighted by atomic mass is 32.2. The van der Waals surface area contributed by atoms with Gasteiger partial charge in [0.25, 0.3) is 10.2 Å². The van der Waals surface area contributed by atoms with Crippen LogP contribution in [0.1, 0.15) is 18.7 Å². The number of benzene rings is 1. The first-order chi connectivity index (χ1) is 10.6. The molecule has 0 amide bonds. The normalized spacial score (nSPS) is 16.4. The maximum absolute atomic E-state index is 12.0. The van der Waals surface area contributed by atoms with Crippen LogP contribution in [-0.2, 0) is 16.6 Å². The molecule has 7 nitrogen and oxygen atoms in total. The Balaban J connectivity index is 1.61. The van der Waals surface area contributed by atoms with Gasteiger partial charge in [0.2, 0.25) is 0 Å². The fourth-order valence-electron chi connectivity index (χ4n) is 2.61. The van der Waals surface area contributed by atoms with E-state index in [0.29, 0.717) is 26.1 Å². The fraction of sp³-hybridized carbons (Fsp3) is 0.500. The van der Waals surface area contributed by atoms with Crippen molar-refractivity contribution in [3.8, 4) is 5.75 Å². The number of hydrogen-bond acceptors (Lipinski definition) is 4. The molecule has 0 aliphatic carbocycles. The smallest absolute Gasteiger partial charge is 0.279 e. The Morgan fingerprint density at radius 3 is 2.86 bits per heavy atom. The molecular formula is C14H20N4O3S. The lowest BCUT2D eigenvalue weighted by Gasteiger charge is -2.15. The third-order valence-electron chi connectivity index (χ3n) is 3.79. The summed E-state index contributed by atoms with van der Waals surface area (Å²) in [6.07, 6.45) is 2.39. The van der Waals surface area contributed by atoms with Gasteiger partial charge in [-0.3, -0.25) is 0 Å². The first-order valence-electron chi connectivity index (χ1n) is 7.36. The topological polar surface area (TPSA) is 87.3 Å². The quantitative estimate of drug-likeness (QED) is 0.831. The van der Waals surface area contributed by atoms with Gasteiger partial charge in [-0.2, -0.15) is 12.7 Å². The standard InChI is InChI=1S/C14H20N4O3S/c1-21-11-4-5-12-13(10-11)17-14(16-12)6-7-15-22(19,20)18-8-2-3-9-18/h4-5,10,15H,2-3,6-9H2,1H3,(H,16,17). The minimum absolute atomic E-state index is 0.329. The molecule has 1 aromatic carbocycles. The van der Waals surface area contributed by atoms with Crippen molar-refractivity contribution < 1.29 is 13.2 Å². The van der Waals surface area contributed by atoms with E-state index in [1.807, 2.05) is 18.2 Å². The SMILES string of the molecule is COc1ccc2nc(CCNS(=O)(=O)N3CCCC3)[nH]c2c1. The van der Waals surface area contributed by atoms with Crippen molar-refractivity contribution in [1.29, 1.82) is 0 Å². The third kappa shape index (κ3) is 3.23. The van der Waals surface area contributed by atoms with E-state index >= 15 is 0 Å². The van der Waals surface area contributed by atoms with Crippen molar-refractivity contribution in [2.45, 2.75) is 19.3 Å². The zero-order valence-electron chi connectivity index (χ0n) is 12.5. The number of aromatic nitrogens is 2. The van der Waals surface area contributed by atoms with Crippen LogP contribution in [0.5, 0.6) is 5.75 Å². The van der Waals surface area contributed by atoms with Crippen molar-refractivity contribution >= 4 is 21.2 Å². The molecule has 0 atom stereocenters. The number of H-pyrrole nitrogens is 1. The first-order valence-corrected chi connectivity index (χ1v) is 8.80. The number of aromatic amines is 1. The highest BCUT2D eigenvalue weighted by Gasteiger charge is 2.24. The van der Waals surface area contributed by atoms with Crippen LogP contribution in [0, 0.1) is 0 Å². The first kappa shape index (κ1) is 15.3.